The van der Waals surface area contributed by atoms with Gasteiger partial charge < -0.3 is 16.2 Å². The van der Waals surface area contributed by atoms with Crippen LogP contribution in [-0.4, -0.2) is 29.7 Å². The van der Waals surface area contributed by atoms with E-state index in [1.54, 1.807) is 6.92 Å². The lowest BCUT2D eigenvalue weighted by molar-refractivity contribution is -0.126. The van der Waals surface area contributed by atoms with E-state index in [-0.39, 0.29) is 30.3 Å². The van der Waals surface area contributed by atoms with Crippen LogP contribution in [0, 0.1) is 5.41 Å². The molecular weight excluding hydrogens is 252 g/mol. The Kier molecular flexibility index (Phi) is 9.70. The van der Waals surface area contributed by atoms with Crippen molar-refractivity contribution in [2.75, 3.05) is 13.2 Å². The van der Waals surface area contributed by atoms with Gasteiger partial charge in [-0.3, -0.25) is 4.79 Å². The van der Waals surface area contributed by atoms with Crippen molar-refractivity contribution in [2.45, 2.75) is 58.9 Å². The van der Waals surface area contributed by atoms with Crippen molar-refractivity contribution in [3.8, 4) is 0 Å². The molecule has 0 fully saturated rings. The molecule has 1 atom stereocenters. The van der Waals surface area contributed by atoms with Crippen LogP contribution >= 0.6 is 12.4 Å². The highest BCUT2D eigenvalue weighted by Gasteiger charge is 2.31. The highest BCUT2D eigenvalue weighted by atomic mass is 35.5. The molecule has 0 aromatic carbocycles. The normalized spacial score (nSPS) is 14.6. The van der Waals surface area contributed by atoms with E-state index in [9.17, 15) is 9.90 Å². The second-order valence-electron chi connectivity index (χ2n) is 5.22. The molecule has 1 amide bonds. The lowest BCUT2D eigenvalue weighted by atomic mass is 9.83. The summed E-state index contributed by atoms with van der Waals surface area (Å²) in [5.74, 6) is -0.126. The molecule has 0 saturated carbocycles. The first-order valence-corrected chi connectivity index (χ1v) is 6.55. The van der Waals surface area contributed by atoms with Gasteiger partial charge in [-0.1, -0.05) is 27.2 Å². The number of amides is 1. The summed E-state index contributed by atoms with van der Waals surface area (Å²) in [6, 6.07) is 0. The van der Waals surface area contributed by atoms with E-state index in [1.807, 2.05) is 20.8 Å². The summed E-state index contributed by atoms with van der Waals surface area (Å²) in [4.78, 5) is 11.9. The van der Waals surface area contributed by atoms with E-state index >= 15 is 0 Å². The predicted molar refractivity (Wildman–Crippen MR) is 77.9 cm³/mol. The molecule has 0 aliphatic heterocycles. The van der Waals surface area contributed by atoms with Crippen LogP contribution in [0.2, 0.25) is 0 Å². The molecule has 4 nitrogen and oxygen atoms in total. The average Bonchev–Trinajstić information content (AvgIpc) is 2.31. The van der Waals surface area contributed by atoms with Gasteiger partial charge in [0.25, 0.3) is 0 Å². The molecule has 0 bridgehead atoms. The first-order valence-electron chi connectivity index (χ1n) is 6.55. The minimum absolute atomic E-state index is 0. The first kappa shape index (κ1) is 20.0. The zero-order valence-corrected chi connectivity index (χ0v) is 12.9. The van der Waals surface area contributed by atoms with Crippen molar-refractivity contribution in [1.82, 2.24) is 5.32 Å². The van der Waals surface area contributed by atoms with Crippen LogP contribution in [0.5, 0.6) is 0 Å². The minimum atomic E-state index is -0.808. The van der Waals surface area contributed by atoms with Gasteiger partial charge >= 0.3 is 0 Å². The molecule has 0 radical (unpaired) electrons. The molecule has 0 aliphatic carbocycles. The minimum Gasteiger partial charge on any atom is -0.396 e. The molecule has 110 valence electrons. The summed E-state index contributed by atoms with van der Waals surface area (Å²) in [6.07, 6.45) is 3.24. The van der Waals surface area contributed by atoms with Crippen LogP contribution in [0.3, 0.4) is 0 Å². The van der Waals surface area contributed by atoms with Gasteiger partial charge in [-0.15, -0.1) is 12.4 Å². The molecule has 0 heterocycles. The number of nitrogens with two attached hydrogens (primary N) is 1. The number of halogens is 1. The van der Waals surface area contributed by atoms with Crippen LogP contribution in [-0.2, 0) is 4.79 Å². The molecule has 5 heteroatoms. The third-order valence-electron chi connectivity index (χ3n) is 3.75. The summed E-state index contributed by atoms with van der Waals surface area (Å²) in [5, 5.41) is 12.3. The summed E-state index contributed by atoms with van der Waals surface area (Å²) >= 11 is 0. The Bertz CT molecular complexity index is 233. The fraction of sp³-hybridized carbons (Fsp3) is 0.923. The van der Waals surface area contributed by atoms with Crippen molar-refractivity contribution in [3.05, 3.63) is 0 Å². The average molecular weight is 281 g/mol. The molecular formula is C13H29ClN2O2. The van der Waals surface area contributed by atoms with E-state index in [4.69, 9.17) is 5.73 Å². The fourth-order valence-corrected chi connectivity index (χ4v) is 1.88. The number of hydrogen-bond donors (Lipinski definition) is 3. The SMILES string of the molecule is CCCC(C)(N)C(=O)NCC(CC)(CC)CO.Cl. The molecule has 0 aromatic heterocycles. The summed E-state index contributed by atoms with van der Waals surface area (Å²) in [6.45, 7) is 8.40. The van der Waals surface area contributed by atoms with Crippen molar-refractivity contribution in [3.63, 3.8) is 0 Å². The molecule has 1 unspecified atom stereocenters. The number of aliphatic hydroxyl groups is 1. The van der Waals surface area contributed by atoms with Gasteiger partial charge in [0, 0.05) is 12.0 Å². The van der Waals surface area contributed by atoms with Crippen LogP contribution < -0.4 is 11.1 Å². The Morgan fingerprint density at radius 2 is 1.78 bits per heavy atom. The standard InChI is InChI=1S/C13H28N2O2.ClH/c1-5-8-12(4,14)11(17)15-9-13(6-2,7-3)10-16;/h16H,5-10,14H2,1-4H3,(H,15,17);1H. The van der Waals surface area contributed by atoms with Crippen LogP contribution in [0.25, 0.3) is 0 Å². The second-order valence-corrected chi connectivity index (χ2v) is 5.22. The van der Waals surface area contributed by atoms with Gasteiger partial charge in [0.1, 0.15) is 0 Å². The smallest absolute Gasteiger partial charge is 0.239 e. The van der Waals surface area contributed by atoms with Gasteiger partial charge in [0.05, 0.1) is 12.1 Å². The quantitative estimate of drug-likeness (QED) is 0.635. The van der Waals surface area contributed by atoms with Crippen LogP contribution in [0.15, 0.2) is 0 Å². The van der Waals surface area contributed by atoms with E-state index in [1.165, 1.54) is 0 Å². The number of carbonyl (C=O) groups excluding carboxylic acids is 1. The van der Waals surface area contributed by atoms with Crippen molar-refractivity contribution in [2.24, 2.45) is 11.1 Å². The van der Waals surface area contributed by atoms with Crippen LogP contribution in [0.4, 0.5) is 0 Å². The topological polar surface area (TPSA) is 75.4 Å². The predicted octanol–water partition coefficient (Wildman–Crippen LogP) is 1.84. The van der Waals surface area contributed by atoms with Gasteiger partial charge in [-0.05, 0) is 26.2 Å². The van der Waals surface area contributed by atoms with E-state index in [0.717, 1.165) is 19.3 Å². The second kappa shape index (κ2) is 8.73. The molecule has 0 aliphatic rings. The lowest BCUT2D eigenvalue weighted by Gasteiger charge is -2.31. The van der Waals surface area contributed by atoms with Crippen molar-refractivity contribution >= 4 is 18.3 Å². The highest BCUT2D eigenvalue weighted by molar-refractivity contribution is 5.85. The highest BCUT2D eigenvalue weighted by Crippen LogP contribution is 2.24. The maximum absolute atomic E-state index is 11.9. The molecule has 18 heavy (non-hydrogen) atoms. The molecule has 0 aromatic rings. The zero-order chi connectivity index (χ0) is 13.5. The zero-order valence-electron chi connectivity index (χ0n) is 12.1. The third-order valence-corrected chi connectivity index (χ3v) is 3.75. The first-order chi connectivity index (χ1) is 7.87. The van der Waals surface area contributed by atoms with Crippen molar-refractivity contribution in [1.29, 1.82) is 0 Å². The Labute approximate surface area is 117 Å². The van der Waals surface area contributed by atoms with Gasteiger partial charge in [0.15, 0.2) is 0 Å². The summed E-state index contributed by atoms with van der Waals surface area (Å²) in [7, 11) is 0. The van der Waals surface area contributed by atoms with Gasteiger partial charge in [-0.25, -0.2) is 0 Å². The summed E-state index contributed by atoms with van der Waals surface area (Å²) in [5.41, 5.74) is 4.93. The Hall–Kier alpha value is -0.320. The number of hydrogen-bond acceptors (Lipinski definition) is 3. The number of rotatable bonds is 8. The molecule has 0 spiro atoms. The maximum atomic E-state index is 11.9. The lowest BCUT2D eigenvalue weighted by Crippen LogP contribution is -2.53. The monoisotopic (exact) mass is 280 g/mol. The van der Waals surface area contributed by atoms with Crippen molar-refractivity contribution < 1.29 is 9.90 Å². The maximum Gasteiger partial charge on any atom is 0.239 e. The fourth-order valence-electron chi connectivity index (χ4n) is 1.88. The Morgan fingerprint density at radius 3 is 2.11 bits per heavy atom. The molecule has 0 rings (SSSR count). The Balaban J connectivity index is 0. The van der Waals surface area contributed by atoms with Gasteiger partial charge in [0.2, 0.25) is 5.91 Å². The van der Waals surface area contributed by atoms with E-state index in [2.05, 4.69) is 5.32 Å². The third kappa shape index (κ3) is 5.55. The number of carbonyl (C=O) groups is 1. The summed E-state index contributed by atoms with van der Waals surface area (Å²) < 4.78 is 0. The molecule has 4 N–H and O–H groups in total. The largest absolute Gasteiger partial charge is 0.396 e. The Morgan fingerprint density at radius 1 is 1.28 bits per heavy atom. The van der Waals surface area contributed by atoms with Gasteiger partial charge in [-0.2, -0.15) is 0 Å². The number of nitrogens with one attached hydrogen (secondary N) is 1. The van der Waals surface area contributed by atoms with Crippen LogP contribution in [0.1, 0.15) is 53.4 Å². The number of aliphatic hydroxyl groups excluding tert-OH is 1. The van der Waals surface area contributed by atoms with E-state index < -0.39 is 5.54 Å². The molecule has 0 saturated heterocycles. The van der Waals surface area contributed by atoms with E-state index in [0.29, 0.717) is 13.0 Å².